The molecule has 1 N–H and O–H groups in total. The van der Waals surface area contributed by atoms with Crippen molar-refractivity contribution in [3.63, 3.8) is 0 Å². The second kappa shape index (κ2) is 11.1. The van der Waals surface area contributed by atoms with E-state index in [-0.39, 0.29) is 19.0 Å². The third-order valence-corrected chi connectivity index (χ3v) is 5.97. The lowest BCUT2D eigenvalue weighted by Gasteiger charge is -2.03. The molecule has 0 unspecified atom stereocenters. The highest BCUT2D eigenvalue weighted by atomic mass is 79.9. The summed E-state index contributed by atoms with van der Waals surface area (Å²) in [7, 11) is 1.36. The Hall–Kier alpha value is -0.590. The van der Waals surface area contributed by atoms with E-state index >= 15 is 0 Å². The minimum atomic E-state index is -0.275. The summed E-state index contributed by atoms with van der Waals surface area (Å²) in [6, 6.07) is 11.0. The zero-order chi connectivity index (χ0) is 18.1. The summed E-state index contributed by atoms with van der Waals surface area (Å²) in [5.74, 6) is -0.275. The van der Waals surface area contributed by atoms with Gasteiger partial charge in [0.25, 0.3) is 0 Å². The van der Waals surface area contributed by atoms with Crippen molar-refractivity contribution in [2.75, 3.05) is 13.7 Å². The van der Waals surface area contributed by atoms with Gasteiger partial charge in [0.2, 0.25) is 0 Å². The molecule has 0 aliphatic heterocycles. The van der Waals surface area contributed by atoms with Gasteiger partial charge in [-0.3, -0.25) is 4.79 Å². The van der Waals surface area contributed by atoms with Gasteiger partial charge >= 0.3 is 5.97 Å². The van der Waals surface area contributed by atoms with Crippen LogP contribution in [-0.2, 0) is 22.4 Å². The van der Waals surface area contributed by atoms with Crippen molar-refractivity contribution in [3.8, 4) is 0 Å². The summed E-state index contributed by atoms with van der Waals surface area (Å²) in [4.78, 5) is 11.0. The zero-order valence-electron chi connectivity index (χ0n) is 12.9. The highest BCUT2D eigenvalue weighted by Crippen LogP contribution is 2.27. The molecule has 7 heteroatoms. The minimum absolute atomic E-state index is 0.152. The summed E-state index contributed by atoms with van der Waals surface area (Å²) in [5.41, 5.74) is 1.87. The number of methoxy groups -OCH3 is 1. The molecule has 0 aliphatic rings. The Bertz CT molecular complexity index is 694. The predicted octanol–water partition coefficient (Wildman–Crippen LogP) is 5.46. The van der Waals surface area contributed by atoms with Gasteiger partial charge in [-0.2, -0.15) is 0 Å². The topological polar surface area (TPSA) is 46.5 Å². The first kappa shape index (κ1) is 21.5. The molecular weight excluding hydrogens is 483 g/mol. The molecule has 0 heterocycles. The van der Waals surface area contributed by atoms with E-state index in [2.05, 4.69) is 36.6 Å². The SMILES string of the molecule is COC(=O)Cc1cccc(Cl)c1Br.OCCc1cccc(Cl)c1Br. The van der Waals surface area contributed by atoms with Gasteiger partial charge in [0.15, 0.2) is 0 Å². The summed E-state index contributed by atoms with van der Waals surface area (Å²) in [6.07, 6.45) is 0.874. The van der Waals surface area contributed by atoms with Crippen molar-refractivity contribution >= 4 is 61.0 Å². The monoisotopic (exact) mass is 496 g/mol. The van der Waals surface area contributed by atoms with Gasteiger partial charge in [-0.1, -0.05) is 47.5 Å². The van der Waals surface area contributed by atoms with Gasteiger partial charge in [-0.05, 0) is 61.5 Å². The predicted molar refractivity (Wildman–Crippen MR) is 105 cm³/mol. The van der Waals surface area contributed by atoms with Crippen LogP contribution in [0.3, 0.4) is 0 Å². The fraction of sp³-hybridized carbons (Fsp3) is 0.235. The number of halogens is 4. The number of aliphatic hydroxyl groups excluding tert-OH is 1. The van der Waals surface area contributed by atoms with Crippen LogP contribution in [0.1, 0.15) is 11.1 Å². The summed E-state index contributed by atoms with van der Waals surface area (Å²) < 4.78 is 6.18. The molecule has 0 amide bonds. The highest BCUT2D eigenvalue weighted by Gasteiger charge is 2.08. The van der Waals surface area contributed by atoms with Gasteiger partial charge in [0.1, 0.15) is 0 Å². The van der Waals surface area contributed by atoms with Crippen LogP contribution in [0.25, 0.3) is 0 Å². The first-order chi connectivity index (χ1) is 11.4. The number of carbonyl (C=O) groups excluding carboxylic acids is 1. The van der Waals surface area contributed by atoms with E-state index in [1.54, 1.807) is 12.1 Å². The second-order valence-corrected chi connectivity index (χ2v) is 7.05. The Kier molecular flexibility index (Phi) is 9.93. The molecule has 2 aromatic carbocycles. The van der Waals surface area contributed by atoms with E-state index in [1.807, 2.05) is 24.3 Å². The molecule has 0 atom stereocenters. The van der Waals surface area contributed by atoms with Crippen LogP contribution < -0.4 is 0 Å². The molecule has 0 saturated heterocycles. The van der Waals surface area contributed by atoms with Gasteiger partial charge in [-0.25, -0.2) is 0 Å². The number of esters is 1. The number of hydrogen-bond donors (Lipinski definition) is 1. The van der Waals surface area contributed by atoms with Crippen LogP contribution in [0.2, 0.25) is 10.0 Å². The number of carbonyl (C=O) groups is 1. The van der Waals surface area contributed by atoms with Crippen molar-refractivity contribution in [2.45, 2.75) is 12.8 Å². The molecule has 0 radical (unpaired) electrons. The first-order valence-electron chi connectivity index (χ1n) is 6.94. The maximum Gasteiger partial charge on any atom is 0.310 e. The van der Waals surface area contributed by atoms with E-state index in [9.17, 15) is 4.79 Å². The van der Waals surface area contributed by atoms with Crippen LogP contribution >= 0.6 is 55.1 Å². The van der Waals surface area contributed by atoms with E-state index in [4.69, 9.17) is 28.3 Å². The van der Waals surface area contributed by atoms with E-state index in [0.29, 0.717) is 16.5 Å². The Balaban J connectivity index is 0.000000243. The molecule has 0 aromatic heterocycles. The van der Waals surface area contributed by atoms with Crippen LogP contribution in [0.15, 0.2) is 45.3 Å². The number of ether oxygens (including phenoxy) is 1. The number of aliphatic hydroxyl groups is 1. The lowest BCUT2D eigenvalue weighted by molar-refractivity contribution is -0.139. The summed E-state index contributed by atoms with van der Waals surface area (Å²) in [6.45, 7) is 0.152. The first-order valence-corrected chi connectivity index (χ1v) is 9.28. The molecule has 0 aliphatic carbocycles. The smallest absolute Gasteiger partial charge is 0.310 e. The van der Waals surface area contributed by atoms with Gasteiger partial charge in [0, 0.05) is 15.6 Å². The lowest BCUT2D eigenvalue weighted by atomic mass is 10.1. The van der Waals surface area contributed by atoms with Crippen molar-refractivity contribution in [2.24, 2.45) is 0 Å². The van der Waals surface area contributed by atoms with Crippen molar-refractivity contribution in [3.05, 3.63) is 66.5 Å². The largest absolute Gasteiger partial charge is 0.469 e. The maximum absolute atomic E-state index is 11.0. The standard InChI is InChI=1S/C9H8BrClO2.C8H8BrClO/c1-13-8(12)5-6-3-2-4-7(11)9(6)10;9-8-6(4-5-11)2-1-3-7(8)10/h2-4H,5H2,1H3;1-3,11H,4-5H2. The fourth-order valence-electron chi connectivity index (χ4n) is 1.77. The Morgan fingerprint density at radius 3 is 2.04 bits per heavy atom. The molecule has 0 saturated carbocycles. The van der Waals surface area contributed by atoms with E-state index < -0.39 is 0 Å². The minimum Gasteiger partial charge on any atom is -0.469 e. The lowest BCUT2D eigenvalue weighted by Crippen LogP contribution is -2.04. The second-order valence-electron chi connectivity index (χ2n) is 4.65. The third kappa shape index (κ3) is 6.73. The molecule has 0 fully saturated rings. The molecule has 2 aromatic rings. The Morgan fingerprint density at radius 1 is 1.04 bits per heavy atom. The molecule has 0 bridgehead atoms. The average Bonchev–Trinajstić information content (AvgIpc) is 2.57. The quantitative estimate of drug-likeness (QED) is 0.570. The molecule has 130 valence electrons. The number of hydrogen-bond acceptors (Lipinski definition) is 3. The van der Waals surface area contributed by atoms with Crippen LogP contribution in [-0.4, -0.2) is 24.8 Å². The Labute approximate surface area is 168 Å². The average molecular weight is 499 g/mol. The van der Waals surface area contributed by atoms with Crippen LogP contribution in [0.5, 0.6) is 0 Å². The number of benzene rings is 2. The molecule has 0 spiro atoms. The Morgan fingerprint density at radius 2 is 1.54 bits per heavy atom. The van der Waals surface area contributed by atoms with E-state index in [1.165, 1.54) is 7.11 Å². The van der Waals surface area contributed by atoms with Gasteiger partial charge < -0.3 is 9.84 Å². The van der Waals surface area contributed by atoms with Crippen molar-refractivity contribution < 1.29 is 14.6 Å². The van der Waals surface area contributed by atoms with Gasteiger partial charge in [-0.15, -0.1) is 0 Å². The number of rotatable bonds is 4. The highest BCUT2D eigenvalue weighted by molar-refractivity contribution is 9.11. The fourth-order valence-corrected chi connectivity index (χ4v) is 3.03. The van der Waals surface area contributed by atoms with Crippen LogP contribution in [0.4, 0.5) is 0 Å². The summed E-state index contributed by atoms with van der Waals surface area (Å²) in [5, 5.41) is 9.96. The van der Waals surface area contributed by atoms with Crippen LogP contribution in [0, 0.1) is 0 Å². The molecule has 3 nitrogen and oxygen atoms in total. The molecule has 24 heavy (non-hydrogen) atoms. The zero-order valence-corrected chi connectivity index (χ0v) is 17.5. The molecular formula is C17H16Br2Cl2O3. The maximum atomic E-state index is 11.0. The van der Waals surface area contributed by atoms with Crippen molar-refractivity contribution in [1.29, 1.82) is 0 Å². The summed E-state index contributed by atoms with van der Waals surface area (Å²) >= 11 is 18.3. The normalized spacial score (nSPS) is 9.92. The van der Waals surface area contributed by atoms with Crippen molar-refractivity contribution in [1.82, 2.24) is 0 Å². The van der Waals surface area contributed by atoms with E-state index in [0.717, 1.165) is 20.1 Å². The van der Waals surface area contributed by atoms with Gasteiger partial charge in [0.05, 0.1) is 23.6 Å². The molecule has 2 rings (SSSR count). The third-order valence-electron chi connectivity index (χ3n) is 3.01.